The van der Waals surface area contributed by atoms with Crippen LogP contribution in [0.5, 0.6) is 0 Å². The summed E-state index contributed by atoms with van der Waals surface area (Å²) in [5.74, 6) is -1.10. The minimum absolute atomic E-state index is 0.0774. The van der Waals surface area contributed by atoms with E-state index in [0.29, 0.717) is 6.61 Å². The summed E-state index contributed by atoms with van der Waals surface area (Å²) in [6.45, 7) is 7.07. The average molecular weight is 260 g/mol. The van der Waals surface area contributed by atoms with Crippen molar-refractivity contribution in [2.45, 2.75) is 44.1 Å². The maximum atomic E-state index is 11.4. The Bertz CT molecular complexity index is 525. The van der Waals surface area contributed by atoms with Crippen LogP contribution in [0, 0.1) is 5.92 Å². The Morgan fingerprint density at radius 2 is 2.16 bits per heavy atom. The van der Waals surface area contributed by atoms with E-state index in [1.807, 2.05) is 6.07 Å². The molecular formula is C16H20O3. The van der Waals surface area contributed by atoms with E-state index in [9.17, 15) is 9.90 Å². The molecule has 4 rings (SSSR count). The van der Waals surface area contributed by atoms with Crippen molar-refractivity contribution in [3.63, 3.8) is 0 Å². The normalized spacial score (nSPS) is 33.0. The first-order valence-electron chi connectivity index (χ1n) is 6.80. The third-order valence-electron chi connectivity index (χ3n) is 4.66. The quantitative estimate of drug-likeness (QED) is 0.889. The summed E-state index contributed by atoms with van der Waals surface area (Å²) in [4.78, 5) is 11.4. The van der Waals surface area contributed by atoms with Gasteiger partial charge in [-0.1, -0.05) is 45.0 Å². The minimum atomic E-state index is -0.727. The molecule has 0 amide bonds. The fourth-order valence-electron chi connectivity index (χ4n) is 3.43. The Kier molecular flexibility index (Phi) is 2.55. The fourth-order valence-corrected chi connectivity index (χ4v) is 3.43. The Morgan fingerprint density at radius 1 is 1.42 bits per heavy atom. The number of fused-ring (bicyclic) bond motifs is 1. The number of carboxylic acids is 1. The third kappa shape index (κ3) is 1.71. The van der Waals surface area contributed by atoms with Crippen LogP contribution in [-0.4, -0.2) is 23.8 Å². The van der Waals surface area contributed by atoms with E-state index >= 15 is 0 Å². The van der Waals surface area contributed by atoms with Crippen molar-refractivity contribution < 1.29 is 14.6 Å². The van der Waals surface area contributed by atoms with Gasteiger partial charge in [0.2, 0.25) is 0 Å². The molecule has 1 aromatic carbocycles. The van der Waals surface area contributed by atoms with Gasteiger partial charge in [0.1, 0.15) is 0 Å². The van der Waals surface area contributed by atoms with Crippen LogP contribution in [0.3, 0.4) is 0 Å². The standard InChI is InChI=1S/C16H20O3/c1-15(2,3)10-5-4-6-11(7-10)16-8-12(19-9-16)13(16)14(17)18/h4-7,12-13H,8-9H2,1-3H3,(H,17,18)/t12-,13+,16-/m0/s1. The van der Waals surface area contributed by atoms with Gasteiger partial charge in [0.15, 0.2) is 0 Å². The molecule has 102 valence electrons. The molecule has 1 aromatic rings. The van der Waals surface area contributed by atoms with E-state index in [0.717, 1.165) is 12.0 Å². The maximum Gasteiger partial charge on any atom is 0.310 e. The molecule has 3 fully saturated rings. The van der Waals surface area contributed by atoms with Gasteiger partial charge in [0.25, 0.3) is 0 Å². The van der Waals surface area contributed by atoms with Crippen molar-refractivity contribution in [1.29, 1.82) is 0 Å². The van der Waals surface area contributed by atoms with Crippen LogP contribution in [0.2, 0.25) is 0 Å². The van der Waals surface area contributed by atoms with Crippen molar-refractivity contribution in [3.05, 3.63) is 35.4 Å². The molecular weight excluding hydrogens is 240 g/mol. The van der Waals surface area contributed by atoms with E-state index in [2.05, 4.69) is 39.0 Å². The minimum Gasteiger partial charge on any atom is -0.481 e. The molecule has 0 unspecified atom stereocenters. The predicted octanol–water partition coefficient (Wildman–Crippen LogP) is 2.73. The second-order valence-corrected chi connectivity index (χ2v) is 6.86. The lowest BCUT2D eigenvalue weighted by Crippen LogP contribution is -2.52. The molecule has 2 heterocycles. The Morgan fingerprint density at radius 3 is 2.74 bits per heavy atom. The summed E-state index contributed by atoms with van der Waals surface area (Å²) < 4.78 is 5.60. The number of benzene rings is 1. The summed E-state index contributed by atoms with van der Waals surface area (Å²) in [7, 11) is 0. The van der Waals surface area contributed by atoms with Crippen LogP contribution in [0.25, 0.3) is 0 Å². The molecule has 0 aromatic heterocycles. The lowest BCUT2D eigenvalue weighted by Gasteiger charge is -2.42. The summed E-state index contributed by atoms with van der Waals surface area (Å²) >= 11 is 0. The predicted molar refractivity (Wildman–Crippen MR) is 72.3 cm³/mol. The van der Waals surface area contributed by atoms with Crippen molar-refractivity contribution in [2.75, 3.05) is 6.61 Å². The highest BCUT2D eigenvalue weighted by Gasteiger charge is 2.64. The van der Waals surface area contributed by atoms with Gasteiger partial charge >= 0.3 is 5.97 Å². The third-order valence-corrected chi connectivity index (χ3v) is 4.66. The SMILES string of the molecule is CC(C)(C)c1cccc([C@@]23CO[C@@H](C2)[C@@H]3C(=O)O)c1. The fraction of sp³-hybridized carbons (Fsp3) is 0.562. The van der Waals surface area contributed by atoms with Crippen LogP contribution < -0.4 is 0 Å². The first-order chi connectivity index (χ1) is 8.84. The number of hydrogen-bond acceptors (Lipinski definition) is 2. The summed E-state index contributed by atoms with van der Waals surface area (Å²) in [6.07, 6.45) is 0.758. The molecule has 2 bridgehead atoms. The van der Waals surface area contributed by atoms with Crippen molar-refractivity contribution in [3.8, 4) is 0 Å². The van der Waals surface area contributed by atoms with Gasteiger partial charge in [0.05, 0.1) is 18.6 Å². The average Bonchev–Trinajstić information content (AvgIpc) is 2.86. The van der Waals surface area contributed by atoms with Crippen molar-refractivity contribution in [2.24, 2.45) is 5.92 Å². The van der Waals surface area contributed by atoms with Crippen molar-refractivity contribution in [1.82, 2.24) is 0 Å². The summed E-state index contributed by atoms with van der Waals surface area (Å²) in [6, 6.07) is 8.37. The number of hydrogen-bond donors (Lipinski definition) is 1. The van der Waals surface area contributed by atoms with Gasteiger partial charge in [-0.15, -0.1) is 0 Å². The zero-order chi connectivity index (χ0) is 13.8. The lowest BCUT2D eigenvalue weighted by atomic mass is 9.57. The highest BCUT2D eigenvalue weighted by atomic mass is 16.5. The van der Waals surface area contributed by atoms with Crippen LogP contribution >= 0.6 is 0 Å². The van der Waals surface area contributed by atoms with Gasteiger partial charge in [-0.2, -0.15) is 0 Å². The molecule has 1 N–H and O–H groups in total. The van der Waals surface area contributed by atoms with Crippen LogP contribution in [0.1, 0.15) is 38.3 Å². The van der Waals surface area contributed by atoms with Crippen LogP contribution in [0.15, 0.2) is 24.3 Å². The first-order valence-corrected chi connectivity index (χ1v) is 6.80. The smallest absolute Gasteiger partial charge is 0.310 e. The number of carboxylic acid groups (broad SMARTS) is 1. The second kappa shape index (κ2) is 3.83. The Hall–Kier alpha value is -1.35. The molecule has 3 heteroatoms. The van der Waals surface area contributed by atoms with E-state index < -0.39 is 5.97 Å². The molecule has 2 aliphatic heterocycles. The number of ether oxygens (including phenoxy) is 1. The second-order valence-electron chi connectivity index (χ2n) is 6.86. The molecule has 2 saturated heterocycles. The van der Waals surface area contributed by atoms with Gasteiger partial charge in [0, 0.05) is 5.41 Å². The molecule has 3 nitrogen and oxygen atoms in total. The Labute approximate surface area is 113 Å². The largest absolute Gasteiger partial charge is 0.481 e. The zero-order valence-electron chi connectivity index (χ0n) is 11.6. The van der Waals surface area contributed by atoms with Gasteiger partial charge in [-0.3, -0.25) is 4.79 Å². The van der Waals surface area contributed by atoms with Gasteiger partial charge in [-0.25, -0.2) is 0 Å². The first kappa shape index (κ1) is 12.7. The molecule has 0 radical (unpaired) electrons. The number of aliphatic carboxylic acids is 1. The maximum absolute atomic E-state index is 11.4. The summed E-state index contributed by atoms with van der Waals surface area (Å²) in [5.41, 5.74) is 2.16. The molecule has 3 atom stereocenters. The molecule has 0 spiro atoms. The van der Waals surface area contributed by atoms with E-state index in [1.165, 1.54) is 5.56 Å². The topological polar surface area (TPSA) is 46.5 Å². The zero-order valence-corrected chi connectivity index (χ0v) is 11.6. The highest BCUT2D eigenvalue weighted by molar-refractivity contribution is 5.76. The monoisotopic (exact) mass is 260 g/mol. The van der Waals surface area contributed by atoms with E-state index in [4.69, 9.17) is 4.74 Å². The summed E-state index contributed by atoms with van der Waals surface area (Å²) in [5, 5.41) is 9.39. The van der Waals surface area contributed by atoms with E-state index in [1.54, 1.807) is 0 Å². The van der Waals surface area contributed by atoms with Gasteiger partial charge in [-0.05, 0) is 23.0 Å². The highest BCUT2D eigenvalue weighted by Crippen LogP contribution is 2.56. The van der Waals surface area contributed by atoms with Gasteiger partial charge < -0.3 is 9.84 Å². The van der Waals surface area contributed by atoms with Crippen LogP contribution in [0.4, 0.5) is 0 Å². The number of rotatable bonds is 2. The lowest BCUT2D eigenvalue weighted by molar-refractivity contribution is -0.150. The van der Waals surface area contributed by atoms with Crippen molar-refractivity contribution >= 4 is 5.97 Å². The Balaban J connectivity index is 2.01. The number of carbonyl (C=O) groups is 1. The van der Waals surface area contributed by atoms with Crippen LogP contribution in [-0.2, 0) is 20.4 Å². The molecule has 1 saturated carbocycles. The molecule has 1 aliphatic carbocycles. The molecule has 19 heavy (non-hydrogen) atoms. The van der Waals surface area contributed by atoms with E-state index in [-0.39, 0.29) is 22.9 Å². The molecule has 3 aliphatic rings.